The molecule has 2 aromatic carbocycles. The van der Waals surface area contributed by atoms with E-state index in [1.165, 1.54) is 24.5 Å². The monoisotopic (exact) mass is 802 g/mol. The highest BCUT2D eigenvalue weighted by Gasteiger charge is 2.31. The van der Waals surface area contributed by atoms with Gasteiger partial charge in [-0.3, -0.25) is 24.7 Å². The van der Waals surface area contributed by atoms with Crippen LogP contribution in [-0.2, 0) is 27.7 Å². The summed E-state index contributed by atoms with van der Waals surface area (Å²) in [7, 11) is -1.97. The fraction of sp³-hybridized carbons (Fsp3) is 0.359. The Morgan fingerprint density at radius 3 is 2.30 bits per heavy atom. The third-order valence-electron chi connectivity index (χ3n) is 8.96. The number of nitrogens with one attached hydrogen (secondary N) is 4. The van der Waals surface area contributed by atoms with Crippen molar-refractivity contribution in [1.82, 2.24) is 35.6 Å². The maximum absolute atomic E-state index is 12.4. The summed E-state index contributed by atoms with van der Waals surface area (Å²) in [5.41, 5.74) is 2.82. The Bertz CT molecular complexity index is 2030. The van der Waals surface area contributed by atoms with Crippen LogP contribution in [0.1, 0.15) is 59.4 Å². The Balaban J connectivity index is 0.000000219. The van der Waals surface area contributed by atoms with Gasteiger partial charge in [0.25, 0.3) is 21.2 Å². The predicted octanol–water partition coefficient (Wildman–Crippen LogP) is 4.57. The summed E-state index contributed by atoms with van der Waals surface area (Å²) in [6, 6.07) is 18.9. The van der Waals surface area contributed by atoms with Crippen molar-refractivity contribution in [3.8, 4) is 5.75 Å². The Morgan fingerprint density at radius 1 is 0.929 bits per heavy atom. The molecule has 1 saturated carbocycles. The Morgan fingerprint density at radius 2 is 1.66 bits per heavy atom. The minimum Gasteiger partial charge on any atom is -0.492 e. The number of ether oxygens (including phenoxy) is 1. The second-order valence-corrected chi connectivity index (χ2v) is 16.2. The molecule has 6 rings (SSSR count). The number of anilines is 1. The van der Waals surface area contributed by atoms with Crippen LogP contribution in [0.2, 0.25) is 0 Å². The molecule has 0 bridgehead atoms. The fourth-order valence-electron chi connectivity index (χ4n) is 5.86. The molecule has 15 nitrogen and oxygen atoms in total. The number of hydrogen-bond donors (Lipinski definition) is 4. The van der Waals surface area contributed by atoms with E-state index in [0.717, 1.165) is 78.8 Å². The van der Waals surface area contributed by atoms with Gasteiger partial charge in [0.15, 0.2) is 0 Å². The van der Waals surface area contributed by atoms with Gasteiger partial charge in [0, 0.05) is 32.0 Å². The van der Waals surface area contributed by atoms with Crippen molar-refractivity contribution in [2.45, 2.75) is 68.1 Å². The van der Waals surface area contributed by atoms with Crippen molar-refractivity contribution in [3.05, 3.63) is 108 Å². The summed E-state index contributed by atoms with van der Waals surface area (Å²) in [5, 5.41) is 7.17. The first-order valence-corrected chi connectivity index (χ1v) is 20.7. The summed E-state index contributed by atoms with van der Waals surface area (Å²) in [6.07, 6.45) is 10.7. The molecule has 5 amide bonds. The van der Waals surface area contributed by atoms with Gasteiger partial charge < -0.3 is 20.3 Å². The van der Waals surface area contributed by atoms with Gasteiger partial charge in [-0.2, -0.15) is 0 Å². The number of rotatable bonds is 14. The third kappa shape index (κ3) is 13.0. The van der Waals surface area contributed by atoms with Crippen LogP contribution in [0.15, 0.2) is 90.2 Å². The Kier molecular flexibility index (Phi) is 15.2. The van der Waals surface area contributed by atoms with E-state index in [4.69, 9.17) is 4.74 Å². The molecule has 0 spiro atoms. The number of hydrogen-bond acceptors (Lipinski definition) is 12. The van der Waals surface area contributed by atoms with E-state index in [-0.39, 0.29) is 38.9 Å². The molecule has 1 unspecified atom stereocenters. The molecular formula is C39H46N8O7S2. The highest BCUT2D eigenvalue weighted by Crippen LogP contribution is 2.24. The van der Waals surface area contributed by atoms with Crippen molar-refractivity contribution in [3.63, 3.8) is 0 Å². The normalized spacial score (nSPS) is 15.5. The van der Waals surface area contributed by atoms with E-state index in [1.54, 1.807) is 25.3 Å². The lowest BCUT2D eigenvalue weighted by Gasteiger charge is -2.22. The molecular weight excluding hydrogens is 757 g/mol. The average Bonchev–Trinajstić information content (AvgIpc) is 3.51. The minimum absolute atomic E-state index is 0.00834. The topological polar surface area (TPSA) is 202 Å². The van der Waals surface area contributed by atoms with Gasteiger partial charge in [0.2, 0.25) is 5.91 Å². The quantitative estimate of drug-likeness (QED) is 0.139. The zero-order chi connectivity index (χ0) is 39.9. The van der Waals surface area contributed by atoms with E-state index < -0.39 is 16.1 Å². The molecule has 1 aliphatic heterocycles. The van der Waals surface area contributed by atoms with Crippen LogP contribution < -0.4 is 30.3 Å². The van der Waals surface area contributed by atoms with Gasteiger partial charge in [0.05, 0.1) is 28.6 Å². The molecule has 17 heteroatoms. The standard InChI is InChI=1S/C21H27N5O4S.C18H19N3O3S/c1-15-13-24-19(14-23-15)20(27)22-12-11-16-7-9-18(10-8-16)31(29,30)26-21(28)25-17-5-3-2-4-6-17;1-21(16-4-2-3-9-19-16)10-11-24-14-7-5-13(6-8-14)12-15-17(22)20-18(23)25-15/h7-10,13-14,17H,2-6,11-12H2,1H3,(H,22,27)(H2,25,26,28);2-9,15H,10-12H2,1H3,(H,20,22,23). The molecule has 2 aromatic heterocycles. The summed E-state index contributed by atoms with van der Waals surface area (Å²) in [6.45, 7) is 3.42. The number of sulfonamides is 1. The number of likely N-dealkylation sites (N-methyl/N-ethyl adjacent to an activating group) is 1. The number of urea groups is 1. The largest absolute Gasteiger partial charge is 0.492 e. The number of pyridine rings is 1. The molecule has 56 heavy (non-hydrogen) atoms. The van der Waals surface area contributed by atoms with Gasteiger partial charge in [-0.25, -0.2) is 27.9 Å². The molecule has 296 valence electrons. The van der Waals surface area contributed by atoms with Crippen LogP contribution in [0.3, 0.4) is 0 Å². The number of carbonyl (C=O) groups excluding carboxylic acids is 4. The second-order valence-electron chi connectivity index (χ2n) is 13.3. The van der Waals surface area contributed by atoms with Crippen LogP contribution in [0.5, 0.6) is 5.75 Å². The first-order chi connectivity index (χ1) is 26.9. The van der Waals surface area contributed by atoms with E-state index in [0.29, 0.717) is 26.0 Å². The lowest BCUT2D eigenvalue weighted by molar-refractivity contribution is -0.118. The van der Waals surface area contributed by atoms with E-state index in [9.17, 15) is 27.6 Å². The molecule has 1 atom stereocenters. The second kappa shape index (κ2) is 20.4. The molecule has 3 heterocycles. The summed E-state index contributed by atoms with van der Waals surface area (Å²) < 4.78 is 32.7. The number of benzene rings is 2. The van der Waals surface area contributed by atoms with Crippen LogP contribution in [0, 0.1) is 6.92 Å². The van der Waals surface area contributed by atoms with Gasteiger partial charge in [-0.1, -0.05) is 61.4 Å². The number of aromatic nitrogens is 3. The number of amides is 5. The third-order valence-corrected chi connectivity index (χ3v) is 11.3. The fourth-order valence-corrected chi connectivity index (χ4v) is 7.63. The van der Waals surface area contributed by atoms with Crippen molar-refractivity contribution < 1.29 is 32.3 Å². The molecule has 4 aromatic rings. The van der Waals surface area contributed by atoms with Gasteiger partial charge in [-0.15, -0.1) is 0 Å². The lowest BCUT2D eigenvalue weighted by atomic mass is 9.96. The average molecular weight is 803 g/mol. The number of thioether (sulfide) groups is 1. The Labute approximate surface area is 330 Å². The lowest BCUT2D eigenvalue weighted by Crippen LogP contribution is -2.45. The SMILES string of the molecule is CN(CCOc1ccc(CC2SC(=O)NC2=O)cc1)c1ccccn1.Cc1cnc(C(=O)NCCc2ccc(S(=O)(=O)NC(=O)NC3CCCCC3)cc2)cn1. The highest BCUT2D eigenvalue weighted by atomic mass is 32.2. The molecule has 2 fully saturated rings. The maximum Gasteiger partial charge on any atom is 0.328 e. The van der Waals surface area contributed by atoms with Crippen molar-refractivity contribution in [2.24, 2.45) is 0 Å². The number of nitrogens with zero attached hydrogens (tertiary/aromatic N) is 4. The van der Waals surface area contributed by atoms with E-state index in [1.807, 2.05) is 54.4 Å². The summed E-state index contributed by atoms with van der Waals surface area (Å²) >= 11 is 1.05. The predicted molar refractivity (Wildman–Crippen MR) is 213 cm³/mol. The highest BCUT2D eigenvalue weighted by molar-refractivity contribution is 8.15. The Hall–Kier alpha value is -5.55. The van der Waals surface area contributed by atoms with Crippen LogP contribution >= 0.6 is 11.8 Å². The van der Waals surface area contributed by atoms with Crippen molar-refractivity contribution in [1.29, 1.82) is 0 Å². The van der Waals surface area contributed by atoms with Crippen molar-refractivity contribution in [2.75, 3.05) is 31.6 Å². The molecule has 4 N–H and O–H groups in total. The summed E-state index contributed by atoms with van der Waals surface area (Å²) in [4.78, 5) is 61.3. The minimum atomic E-state index is -3.95. The van der Waals surface area contributed by atoms with Gasteiger partial charge in [-0.05, 0) is 80.1 Å². The van der Waals surface area contributed by atoms with Crippen LogP contribution in [-0.4, -0.2) is 84.5 Å². The number of imide groups is 1. The van der Waals surface area contributed by atoms with Crippen molar-refractivity contribution >= 4 is 50.7 Å². The molecule has 1 saturated heterocycles. The summed E-state index contributed by atoms with van der Waals surface area (Å²) in [5.74, 6) is 1.15. The zero-order valence-corrected chi connectivity index (χ0v) is 32.9. The van der Waals surface area contributed by atoms with Crippen LogP contribution in [0.4, 0.5) is 15.4 Å². The van der Waals surface area contributed by atoms with E-state index >= 15 is 0 Å². The molecule has 2 aliphatic rings. The smallest absolute Gasteiger partial charge is 0.328 e. The van der Waals surface area contributed by atoms with E-state index in [2.05, 4.69) is 35.6 Å². The molecule has 0 radical (unpaired) electrons. The first-order valence-electron chi connectivity index (χ1n) is 18.3. The number of aryl methyl sites for hydroxylation is 1. The molecule has 1 aliphatic carbocycles. The van der Waals surface area contributed by atoms with Gasteiger partial charge in [0.1, 0.15) is 23.9 Å². The number of carbonyl (C=O) groups is 4. The van der Waals surface area contributed by atoms with Gasteiger partial charge >= 0.3 is 6.03 Å². The first kappa shape index (κ1) is 41.6. The zero-order valence-electron chi connectivity index (χ0n) is 31.3. The maximum atomic E-state index is 12.4. The van der Waals surface area contributed by atoms with Crippen LogP contribution in [0.25, 0.3) is 0 Å².